The molecule has 25 heavy (non-hydrogen) atoms. The lowest BCUT2D eigenvalue weighted by atomic mass is 10.0. The Morgan fingerprint density at radius 1 is 1.12 bits per heavy atom. The van der Waals surface area contributed by atoms with E-state index in [9.17, 15) is 9.18 Å². The van der Waals surface area contributed by atoms with Gasteiger partial charge in [-0.3, -0.25) is 4.79 Å². The Hall–Kier alpha value is -3.21. The summed E-state index contributed by atoms with van der Waals surface area (Å²) in [6.07, 6.45) is 1.79. The van der Waals surface area contributed by atoms with Crippen LogP contribution in [0, 0.1) is 5.82 Å². The van der Waals surface area contributed by atoms with Gasteiger partial charge in [-0.15, -0.1) is 0 Å². The largest absolute Gasteiger partial charge is 0.488 e. The van der Waals surface area contributed by atoms with Crippen molar-refractivity contribution in [3.05, 3.63) is 77.7 Å². The van der Waals surface area contributed by atoms with Gasteiger partial charge in [-0.05, 0) is 23.3 Å². The van der Waals surface area contributed by atoms with Gasteiger partial charge in [0.05, 0.1) is 18.9 Å². The number of rotatable bonds is 6. The SMILES string of the molecule is COc1cc(-c2ccc(OCc3ccccc3)c(C=O)c2)c(F)cn1. The molecule has 0 aliphatic heterocycles. The zero-order valence-electron chi connectivity index (χ0n) is 13.6. The lowest BCUT2D eigenvalue weighted by molar-refractivity contribution is 0.111. The van der Waals surface area contributed by atoms with Crippen molar-refractivity contribution in [2.75, 3.05) is 7.11 Å². The minimum Gasteiger partial charge on any atom is -0.488 e. The number of hydrogen-bond acceptors (Lipinski definition) is 4. The van der Waals surface area contributed by atoms with E-state index < -0.39 is 5.82 Å². The van der Waals surface area contributed by atoms with E-state index in [1.165, 1.54) is 13.2 Å². The van der Waals surface area contributed by atoms with Gasteiger partial charge in [0.2, 0.25) is 5.88 Å². The Bertz CT molecular complexity index is 881. The molecular weight excluding hydrogens is 321 g/mol. The molecule has 0 bridgehead atoms. The molecule has 0 aliphatic carbocycles. The fraction of sp³-hybridized carbons (Fsp3) is 0.100. The number of nitrogens with zero attached hydrogens (tertiary/aromatic N) is 1. The van der Waals surface area contributed by atoms with Gasteiger partial charge in [0, 0.05) is 11.6 Å². The lowest BCUT2D eigenvalue weighted by Gasteiger charge is -2.11. The number of ether oxygens (including phenoxy) is 2. The minimum absolute atomic E-state index is 0.299. The monoisotopic (exact) mass is 337 g/mol. The van der Waals surface area contributed by atoms with Gasteiger partial charge in [0.15, 0.2) is 6.29 Å². The van der Waals surface area contributed by atoms with E-state index in [4.69, 9.17) is 9.47 Å². The second-order valence-electron chi connectivity index (χ2n) is 5.35. The van der Waals surface area contributed by atoms with E-state index >= 15 is 0 Å². The second-order valence-corrected chi connectivity index (χ2v) is 5.35. The molecule has 126 valence electrons. The van der Waals surface area contributed by atoms with Crippen molar-refractivity contribution in [3.8, 4) is 22.8 Å². The van der Waals surface area contributed by atoms with Crippen molar-refractivity contribution in [2.45, 2.75) is 6.61 Å². The maximum atomic E-state index is 14.1. The Balaban J connectivity index is 1.88. The topological polar surface area (TPSA) is 48.4 Å². The summed E-state index contributed by atoms with van der Waals surface area (Å²) in [7, 11) is 1.46. The third kappa shape index (κ3) is 3.83. The molecule has 0 aliphatic rings. The van der Waals surface area contributed by atoms with Crippen LogP contribution >= 0.6 is 0 Å². The number of pyridine rings is 1. The number of aromatic nitrogens is 1. The first-order valence-electron chi connectivity index (χ1n) is 7.67. The summed E-state index contributed by atoms with van der Waals surface area (Å²) in [5.41, 5.74) is 2.20. The summed E-state index contributed by atoms with van der Waals surface area (Å²) >= 11 is 0. The van der Waals surface area contributed by atoms with Crippen molar-refractivity contribution in [3.63, 3.8) is 0 Å². The van der Waals surface area contributed by atoms with E-state index in [0.717, 1.165) is 11.8 Å². The number of halogens is 1. The third-order valence-electron chi connectivity index (χ3n) is 3.72. The molecule has 0 saturated carbocycles. The van der Waals surface area contributed by atoms with Crippen LogP contribution in [0.2, 0.25) is 0 Å². The summed E-state index contributed by atoms with van der Waals surface area (Å²) in [5.74, 6) is 0.257. The molecule has 0 saturated heterocycles. The highest BCUT2D eigenvalue weighted by molar-refractivity contribution is 5.83. The van der Waals surface area contributed by atoms with Crippen molar-refractivity contribution >= 4 is 6.29 Å². The van der Waals surface area contributed by atoms with Crippen LogP contribution in [0.15, 0.2) is 60.8 Å². The molecule has 1 aromatic heterocycles. The average Bonchev–Trinajstić information content (AvgIpc) is 2.67. The first-order valence-corrected chi connectivity index (χ1v) is 7.67. The number of methoxy groups -OCH3 is 1. The molecule has 0 spiro atoms. The van der Waals surface area contributed by atoms with Gasteiger partial charge in [-0.25, -0.2) is 9.37 Å². The number of carbonyl (C=O) groups is 1. The van der Waals surface area contributed by atoms with Crippen LogP contribution in [-0.2, 0) is 6.61 Å². The van der Waals surface area contributed by atoms with Gasteiger partial charge >= 0.3 is 0 Å². The fourth-order valence-corrected chi connectivity index (χ4v) is 2.43. The second kappa shape index (κ2) is 7.57. The summed E-state index contributed by atoms with van der Waals surface area (Å²) in [5, 5.41) is 0. The summed E-state index contributed by atoms with van der Waals surface area (Å²) in [6.45, 7) is 0.346. The first kappa shape index (κ1) is 16.6. The highest BCUT2D eigenvalue weighted by Crippen LogP contribution is 2.29. The van der Waals surface area contributed by atoms with Crippen LogP contribution in [0.25, 0.3) is 11.1 Å². The smallest absolute Gasteiger partial charge is 0.213 e. The predicted molar refractivity (Wildman–Crippen MR) is 92.3 cm³/mol. The maximum Gasteiger partial charge on any atom is 0.213 e. The fourth-order valence-electron chi connectivity index (χ4n) is 2.43. The Kier molecular flexibility index (Phi) is 5.04. The molecule has 4 nitrogen and oxygen atoms in total. The first-order chi connectivity index (χ1) is 12.2. The Labute approximate surface area is 144 Å². The normalized spacial score (nSPS) is 10.3. The number of carbonyl (C=O) groups excluding carboxylic acids is 1. The minimum atomic E-state index is -0.490. The Morgan fingerprint density at radius 2 is 1.92 bits per heavy atom. The summed E-state index contributed by atoms with van der Waals surface area (Å²) < 4.78 is 24.8. The molecule has 0 atom stereocenters. The van der Waals surface area contributed by atoms with Crippen LogP contribution in [0.3, 0.4) is 0 Å². The van der Waals surface area contributed by atoms with Crippen LogP contribution in [0.4, 0.5) is 4.39 Å². The van der Waals surface area contributed by atoms with E-state index in [1.54, 1.807) is 18.2 Å². The van der Waals surface area contributed by atoms with Crippen LogP contribution in [0.5, 0.6) is 11.6 Å². The van der Waals surface area contributed by atoms with Crippen molar-refractivity contribution in [1.29, 1.82) is 0 Å². The number of benzene rings is 2. The van der Waals surface area contributed by atoms with Gasteiger partial charge < -0.3 is 9.47 Å². The Morgan fingerprint density at radius 3 is 2.64 bits per heavy atom. The van der Waals surface area contributed by atoms with E-state index in [2.05, 4.69) is 4.98 Å². The third-order valence-corrected chi connectivity index (χ3v) is 3.72. The zero-order valence-corrected chi connectivity index (χ0v) is 13.6. The van der Waals surface area contributed by atoms with Crippen LogP contribution in [-0.4, -0.2) is 18.4 Å². The van der Waals surface area contributed by atoms with Crippen molar-refractivity contribution < 1.29 is 18.7 Å². The maximum absolute atomic E-state index is 14.1. The van der Waals surface area contributed by atoms with E-state index in [1.807, 2.05) is 30.3 Å². The molecule has 0 unspecified atom stereocenters. The molecule has 3 rings (SSSR count). The number of aldehydes is 1. The van der Waals surface area contributed by atoms with E-state index in [-0.39, 0.29) is 0 Å². The van der Waals surface area contributed by atoms with Crippen LogP contribution < -0.4 is 9.47 Å². The van der Waals surface area contributed by atoms with Gasteiger partial charge in [-0.1, -0.05) is 36.4 Å². The van der Waals surface area contributed by atoms with Gasteiger partial charge in [0.1, 0.15) is 18.2 Å². The standard InChI is InChI=1S/C20H16FNO3/c1-24-20-10-17(18(21)11-22-20)15-7-8-19(16(9-15)12-23)25-13-14-5-3-2-4-6-14/h2-12H,13H2,1H3. The quantitative estimate of drug-likeness (QED) is 0.630. The molecule has 2 aromatic carbocycles. The zero-order chi connectivity index (χ0) is 17.6. The average molecular weight is 337 g/mol. The molecular formula is C20H16FNO3. The van der Waals surface area contributed by atoms with E-state index in [0.29, 0.717) is 41.2 Å². The molecule has 0 amide bonds. The summed E-state index contributed by atoms with van der Waals surface area (Å²) in [6, 6.07) is 16.1. The molecule has 0 radical (unpaired) electrons. The highest BCUT2D eigenvalue weighted by Gasteiger charge is 2.11. The molecule has 5 heteroatoms. The van der Waals surface area contributed by atoms with Crippen molar-refractivity contribution in [2.24, 2.45) is 0 Å². The lowest BCUT2D eigenvalue weighted by Crippen LogP contribution is -1.99. The van der Waals surface area contributed by atoms with Crippen molar-refractivity contribution in [1.82, 2.24) is 4.98 Å². The molecule has 3 aromatic rings. The number of hydrogen-bond donors (Lipinski definition) is 0. The molecule has 1 heterocycles. The van der Waals surface area contributed by atoms with Crippen LogP contribution in [0.1, 0.15) is 15.9 Å². The molecule has 0 fully saturated rings. The highest BCUT2D eigenvalue weighted by atomic mass is 19.1. The van der Waals surface area contributed by atoms with Gasteiger partial charge in [0.25, 0.3) is 0 Å². The molecule has 0 N–H and O–H groups in total. The predicted octanol–water partition coefficient (Wildman–Crippen LogP) is 4.29. The summed E-state index contributed by atoms with van der Waals surface area (Å²) in [4.78, 5) is 15.2. The van der Waals surface area contributed by atoms with Gasteiger partial charge in [-0.2, -0.15) is 0 Å².